The fourth-order valence-corrected chi connectivity index (χ4v) is 4.68. The summed E-state index contributed by atoms with van der Waals surface area (Å²) in [6, 6.07) is 12.9. The Morgan fingerprint density at radius 3 is 2.77 bits per heavy atom. The van der Waals surface area contributed by atoms with Crippen LogP contribution in [0.2, 0.25) is 0 Å². The van der Waals surface area contributed by atoms with Crippen molar-refractivity contribution in [1.82, 2.24) is 15.0 Å². The van der Waals surface area contributed by atoms with E-state index in [1.807, 2.05) is 42.3 Å². The van der Waals surface area contributed by atoms with Gasteiger partial charge in [-0.3, -0.25) is 4.79 Å². The number of aromatic nitrogens is 3. The van der Waals surface area contributed by atoms with Crippen molar-refractivity contribution in [3.8, 4) is 0 Å². The van der Waals surface area contributed by atoms with Gasteiger partial charge in [-0.05, 0) is 17.7 Å². The second kappa shape index (κ2) is 9.36. The molecule has 0 bridgehead atoms. The Labute approximate surface area is 185 Å². The maximum atomic E-state index is 13.7. The first-order chi connectivity index (χ1) is 15.0. The number of amides is 1. The van der Waals surface area contributed by atoms with Crippen LogP contribution in [0.1, 0.15) is 5.56 Å². The predicted octanol–water partition coefficient (Wildman–Crippen LogP) is 4.73. The lowest BCUT2D eigenvalue weighted by molar-refractivity contribution is -0.113. The van der Waals surface area contributed by atoms with Crippen molar-refractivity contribution in [3.05, 3.63) is 72.1 Å². The average Bonchev–Trinajstić information content (AvgIpc) is 3.21. The van der Waals surface area contributed by atoms with Gasteiger partial charge in [0.15, 0.2) is 10.8 Å². The molecule has 0 fully saturated rings. The molecule has 2 aromatic heterocycles. The molecule has 31 heavy (non-hydrogen) atoms. The summed E-state index contributed by atoms with van der Waals surface area (Å²) in [5.74, 6) is -1.81. The molecular formula is C21H17F2N5OS2. The molecule has 0 radical (unpaired) electrons. The Kier molecular flexibility index (Phi) is 6.38. The number of rotatable bonds is 7. The summed E-state index contributed by atoms with van der Waals surface area (Å²) in [5.41, 5.74) is 1.52. The van der Waals surface area contributed by atoms with Crippen molar-refractivity contribution in [2.24, 2.45) is 0 Å². The van der Waals surface area contributed by atoms with E-state index < -0.39 is 17.5 Å². The minimum atomic E-state index is -0.697. The van der Waals surface area contributed by atoms with Crippen LogP contribution >= 0.6 is 23.1 Å². The maximum absolute atomic E-state index is 13.7. The number of hydrogen-bond donors (Lipinski definition) is 1. The van der Waals surface area contributed by atoms with Crippen molar-refractivity contribution in [1.29, 1.82) is 0 Å². The molecule has 0 spiro atoms. The van der Waals surface area contributed by atoms with Crippen molar-refractivity contribution >= 4 is 50.2 Å². The van der Waals surface area contributed by atoms with Gasteiger partial charge >= 0.3 is 0 Å². The number of nitrogens with one attached hydrogen (secondary N) is 1. The number of halogens is 2. The fraction of sp³-hybridized carbons (Fsp3) is 0.143. The van der Waals surface area contributed by atoms with Gasteiger partial charge in [0.1, 0.15) is 27.7 Å². The van der Waals surface area contributed by atoms with Crippen molar-refractivity contribution in [2.75, 3.05) is 23.0 Å². The molecule has 0 aliphatic heterocycles. The lowest BCUT2D eigenvalue weighted by Crippen LogP contribution is -2.15. The standard InChI is InChI=1S/C21H17F2N5OS2/c1-28(10-13-5-3-2-4-6-13)21-27-19-18(31-21)20(25-12-24-19)30-11-17(29)26-16-9-14(22)7-8-15(16)23/h2-9,12H,10-11H2,1H3,(H,26,29). The minimum absolute atomic E-state index is 0.0187. The minimum Gasteiger partial charge on any atom is -0.347 e. The zero-order chi connectivity index (χ0) is 21.8. The highest BCUT2D eigenvalue weighted by atomic mass is 32.2. The first-order valence-electron chi connectivity index (χ1n) is 9.24. The van der Waals surface area contributed by atoms with E-state index in [1.165, 1.54) is 29.4 Å². The molecule has 0 saturated carbocycles. The van der Waals surface area contributed by atoms with Crippen LogP contribution in [0.15, 0.2) is 59.9 Å². The maximum Gasteiger partial charge on any atom is 0.234 e. The third-order valence-electron chi connectivity index (χ3n) is 4.28. The molecule has 6 nitrogen and oxygen atoms in total. The molecule has 1 N–H and O–H groups in total. The van der Waals surface area contributed by atoms with Gasteiger partial charge in [-0.1, -0.05) is 53.4 Å². The highest BCUT2D eigenvalue weighted by Crippen LogP contribution is 2.33. The van der Waals surface area contributed by atoms with Crippen LogP contribution in [0, 0.1) is 11.6 Å². The molecule has 0 aliphatic rings. The van der Waals surface area contributed by atoms with Gasteiger partial charge in [0.05, 0.1) is 11.4 Å². The molecular weight excluding hydrogens is 440 g/mol. The second-order valence-electron chi connectivity index (χ2n) is 6.63. The first-order valence-corrected chi connectivity index (χ1v) is 11.0. The topological polar surface area (TPSA) is 71.0 Å². The van der Waals surface area contributed by atoms with Crippen molar-refractivity contribution in [3.63, 3.8) is 0 Å². The Morgan fingerprint density at radius 1 is 1.16 bits per heavy atom. The van der Waals surface area contributed by atoms with Crippen LogP contribution in [0.5, 0.6) is 0 Å². The fourth-order valence-electron chi connectivity index (χ4n) is 2.83. The van der Waals surface area contributed by atoms with Gasteiger partial charge in [0.25, 0.3) is 0 Å². The van der Waals surface area contributed by atoms with E-state index in [0.29, 0.717) is 17.2 Å². The molecule has 0 saturated heterocycles. The number of benzene rings is 2. The van der Waals surface area contributed by atoms with E-state index >= 15 is 0 Å². The lowest BCUT2D eigenvalue weighted by Gasteiger charge is -2.15. The number of thiazole rings is 1. The number of fused-ring (bicyclic) bond motifs is 1. The summed E-state index contributed by atoms with van der Waals surface area (Å²) >= 11 is 2.63. The normalized spacial score (nSPS) is 10.9. The Morgan fingerprint density at radius 2 is 1.97 bits per heavy atom. The SMILES string of the molecule is CN(Cc1ccccc1)c1nc2ncnc(SCC(=O)Nc3cc(F)ccc3F)c2s1. The molecule has 4 aromatic rings. The van der Waals surface area contributed by atoms with E-state index in [1.54, 1.807) is 0 Å². The summed E-state index contributed by atoms with van der Waals surface area (Å²) < 4.78 is 27.8. The molecule has 10 heteroatoms. The van der Waals surface area contributed by atoms with Gasteiger partial charge in [-0.2, -0.15) is 4.98 Å². The number of hydrogen-bond acceptors (Lipinski definition) is 7. The highest BCUT2D eigenvalue weighted by molar-refractivity contribution is 8.00. The molecule has 0 atom stereocenters. The lowest BCUT2D eigenvalue weighted by atomic mass is 10.2. The second-order valence-corrected chi connectivity index (χ2v) is 8.57. The van der Waals surface area contributed by atoms with E-state index in [2.05, 4.69) is 20.3 Å². The third-order valence-corrected chi connectivity index (χ3v) is 6.56. The predicted molar refractivity (Wildman–Crippen MR) is 119 cm³/mol. The van der Waals surface area contributed by atoms with Crippen LogP contribution in [-0.4, -0.2) is 33.7 Å². The Hall–Kier alpha value is -3.11. The van der Waals surface area contributed by atoms with Crippen LogP contribution in [0.4, 0.5) is 19.6 Å². The molecule has 158 valence electrons. The van der Waals surface area contributed by atoms with Gasteiger partial charge in [0, 0.05) is 19.7 Å². The van der Waals surface area contributed by atoms with E-state index in [9.17, 15) is 13.6 Å². The molecule has 1 amide bonds. The molecule has 2 heterocycles. The quantitative estimate of drug-likeness (QED) is 0.320. The number of carbonyl (C=O) groups is 1. The van der Waals surface area contributed by atoms with E-state index in [4.69, 9.17) is 0 Å². The number of nitrogens with zero attached hydrogens (tertiary/aromatic N) is 4. The monoisotopic (exact) mass is 457 g/mol. The molecule has 2 aromatic carbocycles. The summed E-state index contributed by atoms with van der Waals surface area (Å²) in [4.78, 5) is 27.3. The van der Waals surface area contributed by atoms with Crippen molar-refractivity contribution in [2.45, 2.75) is 11.6 Å². The number of anilines is 2. The van der Waals surface area contributed by atoms with E-state index in [0.717, 1.165) is 33.6 Å². The van der Waals surface area contributed by atoms with Gasteiger partial charge in [-0.15, -0.1) is 0 Å². The molecule has 4 rings (SSSR count). The van der Waals surface area contributed by atoms with Crippen LogP contribution in [-0.2, 0) is 11.3 Å². The van der Waals surface area contributed by atoms with Gasteiger partial charge < -0.3 is 10.2 Å². The zero-order valence-electron chi connectivity index (χ0n) is 16.4. The Balaban J connectivity index is 1.45. The molecule has 0 unspecified atom stereocenters. The van der Waals surface area contributed by atoms with Crippen molar-refractivity contribution < 1.29 is 13.6 Å². The highest BCUT2D eigenvalue weighted by Gasteiger charge is 2.16. The summed E-state index contributed by atoms with van der Waals surface area (Å²) in [5, 5.41) is 3.77. The largest absolute Gasteiger partial charge is 0.347 e. The summed E-state index contributed by atoms with van der Waals surface area (Å²) in [6.45, 7) is 0.693. The summed E-state index contributed by atoms with van der Waals surface area (Å²) in [7, 11) is 1.95. The average molecular weight is 458 g/mol. The smallest absolute Gasteiger partial charge is 0.234 e. The zero-order valence-corrected chi connectivity index (χ0v) is 18.0. The van der Waals surface area contributed by atoms with E-state index in [-0.39, 0.29) is 11.4 Å². The first kappa shape index (κ1) is 21.1. The summed E-state index contributed by atoms with van der Waals surface area (Å²) in [6.07, 6.45) is 1.40. The van der Waals surface area contributed by atoms with Gasteiger partial charge in [0.2, 0.25) is 5.91 Å². The van der Waals surface area contributed by atoms with Crippen LogP contribution in [0.3, 0.4) is 0 Å². The van der Waals surface area contributed by atoms with Gasteiger partial charge in [-0.25, -0.2) is 18.7 Å². The number of carbonyl (C=O) groups excluding carboxylic acids is 1. The Bertz CT molecular complexity index is 1220. The number of thioether (sulfide) groups is 1. The van der Waals surface area contributed by atoms with Crippen LogP contribution in [0.25, 0.3) is 10.3 Å². The third kappa shape index (κ3) is 5.15. The molecule has 0 aliphatic carbocycles. The van der Waals surface area contributed by atoms with Crippen LogP contribution < -0.4 is 10.2 Å².